The fraction of sp³-hybridized carbons (Fsp3) is 0.0526. The highest BCUT2D eigenvalue weighted by molar-refractivity contribution is 6.29. The number of aliphatic hydroxyl groups excluding tert-OH is 1. The number of carbonyl (C=O) groups is 2. The third kappa shape index (κ3) is 1.89. The van der Waals surface area contributed by atoms with Crippen LogP contribution in [0.2, 0.25) is 0 Å². The molecule has 1 aliphatic rings. The predicted octanol–water partition coefficient (Wildman–Crippen LogP) is 2.81. The molecular weight excluding hydrogens is 292 g/mol. The van der Waals surface area contributed by atoms with Crippen LogP contribution in [0.15, 0.2) is 48.5 Å². The van der Waals surface area contributed by atoms with Crippen LogP contribution >= 0.6 is 0 Å². The second-order valence-electron chi connectivity index (χ2n) is 5.60. The first kappa shape index (κ1) is 13.7. The van der Waals surface area contributed by atoms with Crippen molar-refractivity contribution in [1.82, 2.24) is 0 Å². The summed E-state index contributed by atoms with van der Waals surface area (Å²) >= 11 is 0. The molecule has 0 atom stereocenters. The molecule has 3 aromatic carbocycles. The fourth-order valence-corrected chi connectivity index (χ4v) is 3.09. The van der Waals surface area contributed by atoms with Crippen molar-refractivity contribution in [2.75, 3.05) is 0 Å². The average molecular weight is 304 g/mol. The number of hydrogen-bond acceptors (Lipinski definition) is 4. The number of aliphatic hydroxyl groups is 1. The van der Waals surface area contributed by atoms with Gasteiger partial charge in [0.05, 0.1) is 6.61 Å². The number of aromatic hydroxyl groups is 1. The molecule has 0 unspecified atom stereocenters. The molecule has 4 heteroatoms. The van der Waals surface area contributed by atoms with Crippen LogP contribution in [-0.2, 0) is 6.61 Å². The Balaban J connectivity index is 2.05. The Hall–Kier alpha value is -2.98. The maximum atomic E-state index is 12.7. The highest BCUT2D eigenvalue weighted by Crippen LogP contribution is 2.34. The van der Waals surface area contributed by atoms with Crippen molar-refractivity contribution in [2.24, 2.45) is 0 Å². The third-order valence-corrected chi connectivity index (χ3v) is 4.22. The molecular formula is C19H12O4. The second-order valence-corrected chi connectivity index (χ2v) is 5.60. The van der Waals surface area contributed by atoms with Gasteiger partial charge in [-0.3, -0.25) is 9.59 Å². The van der Waals surface area contributed by atoms with Crippen molar-refractivity contribution in [2.45, 2.75) is 6.61 Å². The molecule has 1 aliphatic carbocycles. The number of carbonyl (C=O) groups excluding carboxylic acids is 2. The second kappa shape index (κ2) is 4.76. The molecule has 2 N–H and O–H groups in total. The molecule has 23 heavy (non-hydrogen) atoms. The van der Waals surface area contributed by atoms with Crippen LogP contribution < -0.4 is 0 Å². The topological polar surface area (TPSA) is 74.6 Å². The van der Waals surface area contributed by atoms with Gasteiger partial charge in [-0.1, -0.05) is 24.3 Å². The summed E-state index contributed by atoms with van der Waals surface area (Å²) in [5, 5.41) is 20.5. The molecule has 0 amide bonds. The minimum atomic E-state index is -0.220. The largest absolute Gasteiger partial charge is 0.507 e. The van der Waals surface area contributed by atoms with E-state index in [1.165, 1.54) is 6.07 Å². The van der Waals surface area contributed by atoms with Gasteiger partial charge in [0, 0.05) is 27.6 Å². The standard InChI is InChI=1S/C19H12O4/c20-9-10-5-11-7-15-16(8-14(11)17(21)6-10)19(23)13-4-2-1-3-12(13)18(15)22/h1-8,20-21H,9H2. The molecule has 4 rings (SSSR count). The van der Waals surface area contributed by atoms with E-state index in [4.69, 9.17) is 0 Å². The molecule has 112 valence electrons. The number of rotatable bonds is 1. The quantitative estimate of drug-likeness (QED) is 0.567. The Morgan fingerprint density at radius 3 is 2.00 bits per heavy atom. The Labute approximate surface area is 131 Å². The number of benzene rings is 3. The van der Waals surface area contributed by atoms with Gasteiger partial charge in [0.15, 0.2) is 11.6 Å². The maximum Gasteiger partial charge on any atom is 0.194 e. The molecule has 0 heterocycles. The lowest BCUT2D eigenvalue weighted by molar-refractivity contribution is 0.0979. The molecule has 0 aromatic heterocycles. The zero-order chi connectivity index (χ0) is 16.1. The average Bonchev–Trinajstić information content (AvgIpc) is 2.58. The summed E-state index contributed by atoms with van der Waals surface area (Å²) in [7, 11) is 0. The number of phenols is 1. The van der Waals surface area contributed by atoms with Gasteiger partial charge in [-0.15, -0.1) is 0 Å². The molecule has 0 aliphatic heterocycles. The van der Waals surface area contributed by atoms with Gasteiger partial charge >= 0.3 is 0 Å². The van der Waals surface area contributed by atoms with E-state index in [0.717, 1.165) is 0 Å². The van der Waals surface area contributed by atoms with E-state index in [9.17, 15) is 19.8 Å². The van der Waals surface area contributed by atoms with Gasteiger partial charge < -0.3 is 10.2 Å². The SMILES string of the molecule is O=C1c2ccccc2C(=O)c2cc3c(O)cc(CO)cc3cc21. The van der Waals surface area contributed by atoms with Crippen LogP contribution in [0, 0.1) is 0 Å². The summed E-state index contributed by atoms with van der Waals surface area (Å²) in [5.74, 6) is -0.442. The lowest BCUT2D eigenvalue weighted by Crippen LogP contribution is -2.20. The molecule has 0 spiro atoms. The lowest BCUT2D eigenvalue weighted by atomic mass is 9.82. The Bertz CT molecular complexity index is 1000. The molecule has 3 aromatic rings. The Morgan fingerprint density at radius 1 is 0.783 bits per heavy atom. The first-order valence-corrected chi connectivity index (χ1v) is 7.19. The highest BCUT2D eigenvalue weighted by Gasteiger charge is 2.29. The van der Waals surface area contributed by atoms with Crippen LogP contribution in [0.4, 0.5) is 0 Å². The van der Waals surface area contributed by atoms with Crippen molar-refractivity contribution in [3.05, 3.63) is 76.3 Å². The first-order valence-electron chi connectivity index (χ1n) is 7.19. The van der Waals surface area contributed by atoms with Crippen LogP contribution in [-0.4, -0.2) is 21.8 Å². The van der Waals surface area contributed by atoms with Crippen LogP contribution in [0.1, 0.15) is 37.4 Å². The zero-order valence-electron chi connectivity index (χ0n) is 12.0. The lowest BCUT2D eigenvalue weighted by Gasteiger charge is -2.18. The summed E-state index contributed by atoms with van der Waals surface area (Å²) < 4.78 is 0. The third-order valence-electron chi connectivity index (χ3n) is 4.22. The van der Waals surface area contributed by atoms with Gasteiger partial charge in [0.25, 0.3) is 0 Å². The van der Waals surface area contributed by atoms with Gasteiger partial charge in [0.2, 0.25) is 0 Å². The van der Waals surface area contributed by atoms with Crippen molar-refractivity contribution in [3.63, 3.8) is 0 Å². The van der Waals surface area contributed by atoms with E-state index < -0.39 is 0 Å². The molecule has 0 saturated heterocycles. The van der Waals surface area contributed by atoms with E-state index in [2.05, 4.69) is 0 Å². The molecule has 0 bridgehead atoms. The van der Waals surface area contributed by atoms with E-state index in [-0.39, 0.29) is 23.9 Å². The van der Waals surface area contributed by atoms with Gasteiger partial charge in [-0.25, -0.2) is 0 Å². The van der Waals surface area contributed by atoms with Crippen molar-refractivity contribution in [3.8, 4) is 5.75 Å². The Morgan fingerprint density at radius 2 is 1.39 bits per heavy atom. The van der Waals surface area contributed by atoms with E-state index in [1.807, 2.05) is 0 Å². The minimum Gasteiger partial charge on any atom is -0.507 e. The minimum absolute atomic E-state index is 0.0199. The Kier molecular flexibility index (Phi) is 2.83. The van der Waals surface area contributed by atoms with Crippen molar-refractivity contribution >= 4 is 22.3 Å². The van der Waals surface area contributed by atoms with Gasteiger partial charge in [-0.05, 0) is 35.2 Å². The van der Waals surface area contributed by atoms with E-state index in [1.54, 1.807) is 42.5 Å². The number of phenolic OH excluding ortho intramolecular Hbond substituents is 1. The fourth-order valence-electron chi connectivity index (χ4n) is 3.09. The summed E-state index contributed by atoms with van der Waals surface area (Å²) in [5.41, 5.74) is 1.96. The normalized spacial score (nSPS) is 13.1. The maximum absolute atomic E-state index is 12.7. The predicted molar refractivity (Wildman–Crippen MR) is 84.8 cm³/mol. The smallest absolute Gasteiger partial charge is 0.194 e. The van der Waals surface area contributed by atoms with Crippen LogP contribution in [0.25, 0.3) is 10.8 Å². The molecule has 0 saturated carbocycles. The summed E-state index contributed by atoms with van der Waals surface area (Å²) in [6, 6.07) is 13.1. The van der Waals surface area contributed by atoms with Gasteiger partial charge in [-0.2, -0.15) is 0 Å². The van der Waals surface area contributed by atoms with Crippen molar-refractivity contribution < 1.29 is 19.8 Å². The highest BCUT2D eigenvalue weighted by atomic mass is 16.3. The van der Waals surface area contributed by atoms with Crippen LogP contribution in [0.3, 0.4) is 0 Å². The summed E-state index contributed by atoms with van der Waals surface area (Å²) in [6.07, 6.45) is 0. The van der Waals surface area contributed by atoms with Gasteiger partial charge in [0.1, 0.15) is 5.75 Å². The molecule has 4 nitrogen and oxygen atoms in total. The van der Waals surface area contributed by atoms with E-state index >= 15 is 0 Å². The first-order chi connectivity index (χ1) is 11.1. The molecule has 0 radical (unpaired) electrons. The number of hydrogen-bond donors (Lipinski definition) is 2. The summed E-state index contributed by atoms with van der Waals surface area (Å²) in [6.45, 7) is -0.212. The zero-order valence-corrected chi connectivity index (χ0v) is 12.0. The summed E-state index contributed by atoms with van der Waals surface area (Å²) in [4.78, 5) is 25.3. The van der Waals surface area contributed by atoms with Crippen LogP contribution in [0.5, 0.6) is 5.75 Å². The number of fused-ring (bicyclic) bond motifs is 3. The van der Waals surface area contributed by atoms with Crippen molar-refractivity contribution in [1.29, 1.82) is 0 Å². The number of ketones is 2. The van der Waals surface area contributed by atoms with E-state index in [0.29, 0.717) is 38.6 Å². The monoisotopic (exact) mass is 304 g/mol. The molecule has 0 fully saturated rings.